The van der Waals surface area contributed by atoms with E-state index in [1.807, 2.05) is 0 Å². The van der Waals surface area contributed by atoms with E-state index in [1.54, 1.807) is 25.4 Å². The van der Waals surface area contributed by atoms with Crippen LogP contribution >= 0.6 is 0 Å². The third-order valence-corrected chi connectivity index (χ3v) is 2.31. The second kappa shape index (κ2) is 7.66. The van der Waals surface area contributed by atoms with Gasteiger partial charge >= 0.3 is 0 Å². The predicted molar refractivity (Wildman–Crippen MR) is 71.8 cm³/mol. The Morgan fingerprint density at radius 2 is 2.28 bits per heavy atom. The van der Waals surface area contributed by atoms with Crippen molar-refractivity contribution in [3.8, 4) is 0 Å². The molecule has 0 saturated carbocycles. The smallest absolute Gasteiger partial charge is 0.251 e. The van der Waals surface area contributed by atoms with Crippen molar-refractivity contribution >= 4 is 11.7 Å². The average molecular weight is 251 g/mol. The summed E-state index contributed by atoms with van der Waals surface area (Å²) in [6.07, 6.45) is 1.62. The van der Waals surface area contributed by atoms with Gasteiger partial charge in [0.1, 0.15) is 5.82 Å². The minimum atomic E-state index is -0.0686. The van der Waals surface area contributed by atoms with Gasteiger partial charge in [0.05, 0.1) is 6.61 Å². The summed E-state index contributed by atoms with van der Waals surface area (Å²) >= 11 is 0. The van der Waals surface area contributed by atoms with E-state index in [0.717, 1.165) is 0 Å². The Labute approximate surface area is 108 Å². The Hall–Kier alpha value is -1.62. The maximum atomic E-state index is 11.8. The Balaban J connectivity index is 2.55. The number of nitrogens with zero attached hydrogens (tertiary/aromatic N) is 1. The molecule has 2 N–H and O–H groups in total. The summed E-state index contributed by atoms with van der Waals surface area (Å²) in [5.41, 5.74) is 0.616. The number of hydrogen-bond acceptors (Lipinski definition) is 4. The molecule has 0 unspecified atom stereocenters. The number of amides is 1. The van der Waals surface area contributed by atoms with Gasteiger partial charge in [0, 0.05) is 32.0 Å². The minimum Gasteiger partial charge on any atom is -0.383 e. The number of hydrogen-bond donors (Lipinski definition) is 2. The molecule has 0 bridgehead atoms. The fourth-order valence-corrected chi connectivity index (χ4v) is 1.35. The molecule has 0 radical (unpaired) electrons. The fourth-order valence-electron chi connectivity index (χ4n) is 1.35. The van der Waals surface area contributed by atoms with Crippen molar-refractivity contribution in [2.75, 3.05) is 32.1 Å². The van der Waals surface area contributed by atoms with E-state index in [9.17, 15) is 4.79 Å². The molecule has 100 valence electrons. The van der Waals surface area contributed by atoms with Crippen molar-refractivity contribution in [2.24, 2.45) is 5.92 Å². The van der Waals surface area contributed by atoms with Gasteiger partial charge in [0.2, 0.25) is 0 Å². The summed E-state index contributed by atoms with van der Waals surface area (Å²) in [6, 6.07) is 3.45. The maximum Gasteiger partial charge on any atom is 0.251 e. The molecule has 0 spiro atoms. The van der Waals surface area contributed by atoms with Crippen LogP contribution in [0.5, 0.6) is 0 Å². The Bertz CT molecular complexity index is 380. The number of carbonyl (C=O) groups excluding carboxylic acids is 1. The molecule has 1 aromatic rings. The van der Waals surface area contributed by atoms with Crippen LogP contribution in [0.2, 0.25) is 0 Å². The van der Waals surface area contributed by atoms with E-state index in [2.05, 4.69) is 29.5 Å². The van der Waals surface area contributed by atoms with Crippen LogP contribution in [0, 0.1) is 5.92 Å². The van der Waals surface area contributed by atoms with E-state index in [1.165, 1.54) is 0 Å². The second-order valence-electron chi connectivity index (χ2n) is 4.45. The summed E-state index contributed by atoms with van der Waals surface area (Å²) in [6.45, 7) is 6.06. The van der Waals surface area contributed by atoms with Crippen LogP contribution < -0.4 is 10.6 Å². The number of aromatic nitrogens is 1. The highest BCUT2D eigenvalue weighted by atomic mass is 16.5. The lowest BCUT2D eigenvalue weighted by Gasteiger charge is -2.09. The average Bonchev–Trinajstić information content (AvgIpc) is 2.36. The van der Waals surface area contributed by atoms with Gasteiger partial charge in [-0.15, -0.1) is 0 Å². The van der Waals surface area contributed by atoms with E-state index in [-0.39, 0.29) is 5.91 Å². The summed E-state index contributed by atoms with van der Waals surface area (Å²) in [4.78, 5) is 16.0. The molecule has 1 aromatic heterocycles. The van der Waals surface area contributed by atoms with Crippen molar-refractivity contribution in [3.05, 3.63) is 23.9 Å². The number of ether oxygens (including phenoxy) is 1. The zero-order chi connectivity index (χ0) is 13.4. The number of nitrogens with one attached hydrogen (secondary N) is 2. The molecule has 0 atom stereocenters. The molecule has 5 nitrogen and oxygen atoms in total. The maximum absolute atomic E-state index is 11.8. The lowest BCUT2D eigenvalue weighted by Crippen LogP contribution is -2.27. The standard InChI is InChI=1S/C13H21N3O2/c1-10(2)9-16-13(17)11-4-5-14-12(8-11)15-6-7-18-3/h4-5,8,10H,6-7,9H2,1-3H3,(H,14,15)(H,16,17). The van der Waals surface area contributed by atoms with Gasteiger partial charge < -0.3 is 15.4 Å². The fraction of sp³-hybridized carbons (Fsp3) is 0.538. The van der Waals surface area contributed by atoms with Crippen molar-refractivity contribution in [2.45, 2.75) is 13.8 Å². The second-order valence-corrected chi connectivity index (χ2v) is 4.45. The Kier molecular flexibility index (Phi) is 6.14. The molecular weight excluding hydrogens is 230 g/mol. The zero-order valence-corrected chi connectivity index (χ0v) is 11.2. The van der Waals surface area contributed by atoms with Gasteiger partial charge in [-0.2, -0.15) is 0 Å². The number of methoxy groups -OCH3 is 1. The molecule has 5 heteroatoms. The third kappa shape index (κ3) is 5.14. The van der Waals surface area contributed by atoms with Gasteiger partial charge in [-0.3, -0.25) is 4.79 Å². The largest absolute Gasteiger partial charge is 0.383 e. The monoisotopic (exact) mass is 251 g/mol. The first-order valence-corrected chi connectivity index (χ1v) is 6.10. The first-order valence-electron chi connectivity index (χ1n) is 6.10. The van der Waals surface area contributed by atoms with Gasteiger partial charge in [0.25, 0.3) is 5.91 Å². The van der Waals surface area contributed by atoms with Crippen LogP contribution in [-0.4, -0.2) is 37.7 Å². The van der Waals surface area contributed by atoms with Gasteiger partial charge in [-0.05, 0) is 18.1 Å². The highest BCUT2D eigenvalue weighted by molar-refractivity contribution is 5.94. The van der Waals surface area contributed by atoms with Crippen LogP contribution in [0.1, 0.15) is 24.2 Å². The summed E-state index contributed by atoms with van der Waals surface area (Å²) in [5.74, 6) is 1.06. The number of anilines is 1. The van der Waals surface area contributed by atoms with Crippen LogP contribution in [0.4, 0.5) is 5.82 Å². The zero-order valence-electron chi connectivity index (χ0n) is 11.2. The Morgan fingerprint density at radius 3 is 2.94 bits per heavy atom. The molecule has 0 aliphatic heterocycles. The first kappa shape index (κ1) is 14.4. The van der Waals surface area contributed by atoms with Crippen LogP contribution in [-0.2, 0) is 4.74 Å². The van der Waals surface area contributed by atoms with E-state index >= 15 is 0 Å². The first-order chi connectivity index (χ1) is 8.63. The normalized spacial score (nSPS) is 10.4. The van der Waals surface area contributed by atoms with E-state index in [4.69, 9.17) is 4.74 Å². The van der Waals surface area contributed by atoms with Crippen molar-refractivity contribution in [1.29, 1.82) is 0 Å². The molecular formula is C13H21N3O2. The summed E-state index contributed by atoms with van der Waals surface area (Å²) in [7, 11) is 1.64. The van der Waals surface area contributed by atoms with E-state index < -0.39 is 0 Å². The molecule has 0 aliphatic carbocycles. The SMILES string of the molecule is COCCNc1cc(C(=O)NCC(C)C)ccn1. The highest BCUT2D eigenvalue weighted by Gasteiger charge is 2.06. The lowest BCUT2D eigenvalue weighted by atomic mass is 10.2. The van der Waals surface area contributed by atoms with Gasteiger partial charge in [0.15, 0.2) is 0 Å². The lowest BCUT2D eigenvalue weighted by molar-refractivity contribution is 0.0949. The summed E-state index contributed by atoms with van der Waals surface area (Å²) in [5, 5.41) is 5.96. The Morgan fingerprint density at radius 1 is 1.50 bits per heavy atom. The molecule has 0 saturated heterocycles. The highest BCUT2D eigenvalue weighted by Crippen LogP contribution is 2.06. The van der Waals surface area contributed by atoms with Gasteiger partial charge in [-0.1, -0.05) is 13.8 Å². The molecule has 18 heavy (non-hydrogen) atoms. The van der Waals surface area contributed by atoms with Crippen LogP contribution in [0.3, 0.4) is 0 Å². The van der Waals surface area contributed by atoms with Crippen LogP contribution in [0.25, 0.3) is 0 Å². The van der Waals surface area contributed by atoms with Crippen molar-refractivity contribution in [3.63, 3.8) is 0 Å². The van der Waals surface area contributed by atoms with Crippen molar-refractivity contribution < 1.29 is 9.53 Å². The predicted octanol–water partition coefficient (Wildman–Crippen LogP) is 1.53. The van der Waals surface area contributed by atoms with E-state index in [0.29, 0.717) is 37.0 Å². The number of rotatable bonds is 7. The summed E-state index contributed by atoms with van der Waals surface area (Å²) < 4.78 is 4.94. The molecule has 0 aromatic carbocycles. The molecule has 0 fully saturated rings. The quantitative estimate of drug-likeness (QED) is 0.721. The molecule has 1 amide bonds. The van der Waals surface area contributed by atoms with Gasteiger partial charge in [-0.25, -0.2) is 4.98 Å². The third-order valence-electron chi connectivity index (χ3n) is 2.31. The number of carbonyl (C=O) groups is 1. The molecule has 1 heterocycles. The molecule has 1 rings (SSSR count). The number of pyridine rings is 1. The van der Waals surface area contributed by atoms with Crippen LogP contribution in [0.15, 0.2) is 18.3 Å². The van der Waals surface area contributed by atoms with Crippen molar-refractivity contribution in [1.82, 2.24) is 10.3 Å². The minimum absolute atomic E-state index is 0.0686. The topological polar surface area (TPSA) is 63.2 Å². The molecule has 0 aliphatic rings.